The fourth-order valence-electron chi connectivity index (χ4n) is 2.75. The molecule has 3 aromatic heterocycles. The van der Waals surface area contributed by atoms with Crippen molar-refractivity contribution in [1.29, 1.82) is 0 Å². The van der Waals surface area contributed by atoms with Crippen LogP contribution in [0, 0.1) is 5.82 Å². The number of aromatic nitrogens is 6. The van der Waals surface area contributed by atoms with Crippen LogP contribution in [0.5, 0.6) is 0 Å². The second kappa shape index (κ2) is 6.60. The molecular weight excluding hydrogens is 349 g/mol. The highest BCUT2D eigenvalue weighted by molar-refractivity contribution is 5.94. The van der Waals surface area contributed by atoms with Gasteiger partial charge in [0.1, 0.15) is 17.8 Å². The van der Waals surface area contributed by atoms with Crippen LogP contribution in [0.4, 0.5) is 4.39 Å². The van der Waals surface area contributed by atoms with Gasteiger partial charge in [-0.1, -0.05) is 0 Å². The molecule has 0 aliphatic rings. The van der Waals surface area contributed by atoms with E-state index in [1.165, 1.54) is 23.0 Å². The SMILES string of the molecule is C[C@@H](NC(=O)c1cc(-c2ccc(F)cc2)nc2ncnn12)c1ccn(C)n1. The number of fused-ring (bicyclic) bond motifs is 1. The van der Waals surface area contributed by atoms with Gasteiger partial charge in [-0.25, -0.2) is 9.37 Å². The maximum Gasteiger partial charge on any atom is 0.270 e. The number of nitrogens with zero attached hydrogens (tertiary/aromatic N) is 6. The van der Waals surface area contributed by atoms with Crippen molar-refractivity contribution in [2.75, 3.05) is 0 Å². The average Bonchev–Trinajstić information content (AvgIpc) is 3.30. The van der Waals surface area contributed by atoms with Crippen molar-refractivity contribution in [2.24, 2.45) is 7.05 Å². The van der Waals surface area contributed by atoms with Gasteiger partial charge in [-0.05, 0) is 43.3 Å². The van der Waals surface area contributed by atoms with Crippen molar-refractivity contribution in [2.45, 2.75) is 13.0 Å². The maximum absolute atomic E-state index is 13.2. The van der Waals surface area contributed by atoms with Crippen LogP contribution in [-0.4, -0.2) is 35.3 Å². The lowest BCUT2D eigenvalue weighted by atomic mass is 10.1. The molecule has 0 aliphatic carbocycles. The quantitative estimate of drug-likeness (QED) is 0.598. The number of hydrogen-bond donors (Lipinski definition) is 1. The molecule has 1 atom stereocenters. The minimum atomic E-state index is -0.343. The van der Waals surface area contributed by atoms with Crippen molar-refractivity contribution in [3.05, 3.63) is 66.1 Å². The first-order valence-corrected chi connectivity index (χ1v) is 8.28. The minimum absolute atomic E-state index is 0.277. The second-order valence-electron chi connectivity index (χ2n) is 6.11. The van der Waals surface area contributed by atoms with Gasteiger partial charge in [0.15, 0.2) is 0 Å². The second-order valence-corrected chi connectivity index (χ2v) is 6.11. The van der Waals surface area contributed by atoms with Crippen molar-refractivity contribution >= 4 is 11.7 Å². The Balaban J connectivity index is 1.70. The molecule has 9 heteroatoms. The Hall–Kier alpha value is -3.62. The van der Waals surface area contributed by atoms with Gasteiger partial charge in [0.25, 0.3) is 11.7 Å². The number of carbonyl (C=O) groups excluding carboxylic acids is 1. The number of benzene rings is 1. The van der Waals surface area contributed by atoms with Crippen LogP contribution in [0.1, 0.15) is 29.1 Å². The first-order chi connectivity index (χ1) is 13.0. The largest absolute Gasteiger partial charge is 0.343 e. The maximum atomic E-state index is 13.2. The lowest BCUT2D eigenvalue weighted by Gasteiger charge is -2.13. The van der Waals surface area contributed by atoms with E-state index in [9.17, 15) is 9.18 Å². The molecule has 0 unspecified atom stereocenters. The molecule has 0 aliphatic heterocycles. The molecule has 0 spiro atoms. The third-order valence-electron chi connectivity index (χ3n) is 4.15. The van der Waals surface area contributed by atoms with Crippen LogP contribution >= 0.6 is 0 Å². The summed E-state index contributed by atoms with van der Waals surface area (Å²) in [5, 5.41) is 11.3. The molecule has 1 aromatic carbocycles. The predicted octanol–water partition coefficient (Wildman–Crippen LogP) is 2.15. The molecule has 3 heterocycles. The van der Waals surface area contributed by atoms with E-state index in [2.05, 4.69) is 25.5 Å². The van der Waals surface area contributed by atoms with E-state index < -0.39 is 0 Å². The summed E-state index contributed by atoms with van der Waals surface area (Å²) in [6, 6.07) is 9.04. The zero-order valence-corrected chi connectivity index (χ0v) is 14.7. The summed E-state index contributed by atoms with van der Waals surface area (Å²) in [7, 11) is 1.81. The predicted molar refractivity (Wildman–Crippen MR) is 95.3 cm³/mol. The highest BCUT2D eigenvalue weighted by atomic mass is 19.1. The molecule has 1 N–H and O–H groups in total. The lowest BCUT2D eigenvalue weighted by Crippen LogP contribution is -2.29. The Kier molecular flexibility index (Phi) is 4.11. The standard InChI is InChI=1S/C18H16FN7O/c1-11(14-7-8-25(2)24-14)22-17(27)16-9-15(12-3-5-13(19)6-4-12)23-18-20-10-21-26(16)18/h3-11H,1-2H3,(H,22,27)/t11-/m1/s1. The fraction of sp³-hybridized carbons (Fsp3) is 0.167. The topological polar surface area (TPSA) is 90.0 Å². The molecule has 4 aromatic rings. The summed E-state index contributed by atoms with van der Waals surface area (Å²) in [5.41, 5.74) is 2.20. The van der Waals surface area contributed by atoms with Crippen LogP contribution < -0.4 is 5.32 Å². The summed E-state index contributed by atoms with van der Waals surface area (Å²) in [6.45, 7) is 1.85. The van der Waals surface area contributed by atoms with Gasteiger partial charge in [-0.15, -0.1) is 0 Å². The zero-order chi connectivity index (χ0) is 19.0. The highest BCUT2D eigenvalue weighted by Gasteiger charge is 2.19. The molecule has 4 rings (SSSR count). The van der Waals surface area contributed by atoms with Crippen LogP contribution in [0.15, 0.2) is 48.9 Å². The molecule has 27 heavy (non-hydrogen) atoms. The first-order valence-electron chi connectivity index (χ1n) is 8.28. The number of hydrogen-bond acceptors (Lipinski definition) is 5. The van der Waals surface area contributed by atoms with E-state index >= 15 is 0 Å². The lowest BCUT2D eigenvalue weighted by molar-refractivity contribution is 0.0931. The number of rotatable bonds is 4. The Labute approximate surface area is 153 Å². The number of amides is 1. The molecule has 0 bridgehead atoms. The van der Waals surface area contributed by atoms with E-state index in [1.54, 1.807) is 22.9 Å². The third kappa shape index (κ3) is 3.26. The Morgan fingerprint density at radius 3 is 2.70 bits per heavy atom. The van der Waals surface area contributed by atoms with E-state index in [-0.39, 0.29) is 29.2 Å². The first kappa shape index (κ1) is 16.8. The molecule has 0 saturated carbocycles. The molecular formula is C18H16FN7O. The number of carbonyl (C=O) groups is 1. The van der Waals surface area contributed by atoms with Gasteiger partial charge in [0.2, 0.25) is 0 Å². The van der Waals surface area contributed by atoms with Crippen LogP contribution in [-0.2, 0) is 7.05 Å². The van der Waals surface area contributed by atoms with Gasteiger partial charge in [-0.3, -0.25) is 9.48 Å². The third-order valence-corrected chi connectivity index (χ3v) is 4.15. The van der Waals surface area contributed by atoms with E-state index in [4.69, 9.17) is 0 Å². The van der Waals surface area contributed by atoms with Crippen molar-refractivity contribution in [3.8, 4) is 11.3 Å². The minimum Gasteiger partial charge on any atom is -0.343 e. The number of nitrogens with one attached hydrogen (secondary N) is 1. The summed E-state index contributed by atoms with van der Waals surface area (Å²) >= 11 is 0. The highest BCUT2D eigenvalue weighted by Crippen LogP contribution is 2.20. The molecule has 136 valence electrons. The Morgan fingerprint density at radius 1 is 1.22 bits per heavy atom. The van der Waals surface area contributed by atoms with Crippen molar-refractivity contribution in [3.63, 3.8) is 0 Å². The monoisotopic (exact) mass is 365 g/mol. The number of aryl methyl sites for hydroxylation is 1. The summed E-state index contributed by atoms with van der Waals surface area (Å²) in [6.07, 6.45) is 3.14. The average molecular weight is 365 g/mol. The van der Waals surface area contributed by atoms with E-state index in [1.807, 2.05) is 26.2 Å². The van der Waals surface area contributed by atoms with Gasteiger partial charge < -0.3 is 5.32 Å². The summed E-state index contributed by atoms with van der Waals surface area (Å²) in [5.74, 6) is -0.397. The molecule has 8 nitrogen and oxygen atoms in total. The van der Waals surface area contributed by atoms with E-state index in [0.717, 1.165) is 5.69 Å². The van der Waals surface area contributed by atoms with Crippen LogP contribution in [0.3, 0.4) is 0 Å². The molecule has 1 amide bonds. The normalized spacial score (nSPS) is 12.3. The van der Waals surface area contributed by atoms with Gasteiger partial charge in [0, 0.05) is 18.8 Å². The van der Waals surface area contributed by atoms with Crippen molar-refractivity contribution < 1.29 is 9.18 Å². The summed E-state index contributed by atoms with van der Waals surface area (Å²) < 4.78 is 16.2. The smallest absolute Gasteiger partial charge is 0.270 e. The van der Waals surface area contributed by atoms with Gasteiger partial charge >= 0.3 is 0 Å². The van der Waals surface area contributed by atoms with Gasteiger partial charge in [0.05, 0.1) is 17.4 Å². The fourth-order valence-corrected chi connectivity index (χ4v) is 2.75. The Morgan fingerprint density at radius 2 is 2.00 bits per heavy atom. The zero-order valence-electron chi connectivity index (χ0n) is 14.7. The van der Waals surface area contributed by atoms with Crippen LogP contribution in [0.2, 0.25) is 0 Å². The van der Waals surface area contributed by atoms with E-state index in [0.29, 0.717) is 11.3 Å². The number of halogens is 1. The van der Waals surface area contributed by atoms with Gasteiger partial charge in [-0.2, -0.15) is 19.7 Å². The van der Waals surface area contributed by atoms with Crippen LogP contribution in [0.25, 0.3) is 17.0 Å². The Bertz CT molecular complexity index is 1120. The molecule has 0 radical (unpaired) electrons. The molecule has 0 saturated heterocycles. The molecule has 0 fully saturated rings. The summed E-state index contributed by atoms with van der Waals surface area (Å²) in [4.78, 5) is 21.3. The van der Waals surface area contributed by atoms with Crippen molar-refractivity contribution in [1.82, 2.24) is 34.7 Å².